The minimum absolute atomic E-state index is 0.00624. The average Bonchev–Trinajstić information content (AvgIpc) is 2.31. The summed E-state index contributed by atoms with van der Waals surface area (Å²) >= 11 is 0. The Kier molecular flexibility index (Phi) is 3.64. The first-order valence-electron chi connectivity index (χ1n) is 6.22. The Morgan fingerprint density at radius 2 is 1.84 bits per heavy atom. The maximum absolute atomic E-state index is 5.72. The molecule has 5 nitrogen and oxygen atoms in total. The van der Waals surface area contributed by atoms with Crippen molar-refractivity contribution < 1.29 is 4.74 Å². The predicted octanol–water partition coefficient (Wildman–Crippen LogP) is 2.52. The van der Waals surface area contributed by atoms with Gasteiger partial charge in [-0.2, -0.15) is 15.0 Å². The fourth-order valence-electron chi connectivity index (χ4n) is 1.75. The molecule has 0 amide bonds. The fraction of sp³-hybridized carbons (Fsp3) is 0.357. The molecule has 0 radical (unpaired) electrons. The molecule has 2 aromatic rings. The van der Waals surface area contributed by atoms with Crippen molar-refractivity contribution in [3.05, 3.63) is 29.3 Å². The number of ether oxygens (including phenoxy) is 1. The number of hydrogen-bond acceptors (Lipinski definition) is 5. The van der Waals surface area contributed by atoms with Crippen LogP contribution in [0.2, 0.25) is 0 Å². The van der Waals surface area contributed by atoms with Crippen molar-refractivity contribution in [1.29, 1.82) is 0 Å². The van der Waals surface area contributed by atoms with Crippen LogP contribution in [0.4, 0.5) is 5.95 Å². The molecule has 1 aromatic heterocycles. The van der Waals surface area contributed by atoms with Gasteiger partial charge in [-0.1, -0.05) is 18.2 Å². The van der Waals surface area contributed by atoms with E-state index < -0.39 is 0 Å². The number of aryl methyl sites for hydroxylation is 1. The van der Waals surface area contributed by atoms with E-state index in [1.54, 1.807) is 0 Å². The third kappa shape index (κ3) is 2.99. The van der Waals surface area contributed by atoms with Gasteiger partial charge < -0.3 is 10.5 Å². The van der Waals surface area contributed by atoms with Crippen molar-refractivity contribution >= 4 is 5.95 Å². The maximum Gasteiger partial charge on any atom is 0.322 e. The highest BCUT2D eigenvalue weighted by Gasteiger charge is 2.11. The van der Waals surface area contributed by atoms with E-state index in [1.807, 2.05) is 32.9 Å². The number of aromatic nitrogens is 3. The van der Waals surface area contributed by atoms with Gasteiger partial charge >= 0.3 is 6.01 Å². The maximum atomic E-state index is 5.72. The summed E-state index contributed by atoms with van der Waals surface area (Å²) < 4.78 is 5.49. The summed E-state index contributed by atoms with van der Waals surface area (Å²) in [5, 5.41) is 0. The highest BCUT2D eigenvalue weighted by atomic mass is 16.5. The fourth-order valence-corrected chi connectivity index (χ4v) is 1.75. The Bertz CT molecular complexity index is 596. The zero-order chi connectivity index (χ0) is 14.0. The van der Waals surface area contributed by atoms with E-state index >= 15 is 0 Å². The molecular weight excluding hydrogens is 240 g/mol. The van der Waals surface area contributed by atoms with Gasteiger partial charge in [-0.3, -0.25) is 0 Å². The van der Waals surface area contributed by atoms with Crippen molar-refractivity contribution in [1.82, 2.24) is 15.0 Å². The monoisotopic (exact) mass is 258 g/mol. The molecule has 0 atom stereocenters. The average molecular weight is 258 g/mol. The normalized spacial score (nSPS) is 10.8. The summed E-state index contributed by atoms with van der Waals surface area (Å²) in [4.78, 5) is 12.5. The first-order chi connectivity index (χ1) is 8.97. The van der Waals surface area contributed by atoms with Gasteiger partial charge in [-0.05, 0) is 38.8 Å². The zero-order valence-corrected chi connectivity index (χ0v) is 11.6. The molecule has 0 spiro atoms. The second kappa shape index (κ2) is 5.22. The standard InChI is InChI=1S/C14H18N4O/c1-8(2)19-14-17-12(16-13(15)18-14)11-7-5-6-9(3)10(11)4/h5-8H,1-4H3,(H2,15,16,17,18). The van der Waals surface area contributed by atoms with E-state index in [0.717, 1.165) is 11.1 Å². The van der Waals surface area contributed by atoms with E-state index in [2.05, 4.69) is 27.9 Å². The second-order valence-corrected chi connectivity index (χ2v) is 4.71. The lowest BCUT2D eigenvalue weighted by Crippen LogP contribution is -2.11. The van der Waals surface area contributed by atoms with Crippen molar-refractivity contribution in [2.45, 2.75) is 33.8 Å². The second-order valence-electron chi connectivity index (χ2n) is 4.71. The van der Waals surface area contributed by atoms with Crippen LogP contribution in [-0.4, -0.2) is 21.1 Å². The molecule has 19 heavy (non-hydrogen) atoms. The van der Waals surface area contributed by atoms with Crippen molar-refractivity contribution in [3.63, 3.8) is 0 Å². The lowest BCUT2D eigenvalue weighted by Gasteiger charge is -2.11. The third-order valence-electron chi connectivity index (χ3n) is 2.82. The third-order valence-corrected chi connectivity index (χ3v) is 2.82. The Labute approximate surface area is 112 Å². The molecule has 0 saturated carbocycles. The highest BCUT2D eigenvalue weighted by Crippen LogP contribution is 2.24. The molecule has 100 valence electrons. The van der Waals surface area contributed by atoms with E-state index in [4.69, 9.17) is 10.5 Å². The molecule has 0 aliphatic heterocycles. The van der Waals surface area contributed by atoms with Crippen LogP contribution in [0.25, 0.3) is 11.4 Å². The van der Waals surface area contributed by atoms with Crippen LogP contribution in [0, 0.1) is 13.8 Å². The Morgan fingerprint density at radius 1 is 1.11 bits per heavy atom. The van der Waals surface area contributed by atoms with E-state index in [0.29, 0.717) is 5.82 Å². The molecule has 0 fully saturated rings. The van der Waals surface area contributed by atoms with Crippen LogP contribution in [0.3, 0.4) is 0 Å². The molecular formula is C14H18N4O. The Hall–Kier alpha value is -2.17. The number of hydrogen-bond donors (Lipinski definition) is 1. The van der Waals surface area contributed by atoms with E-state index in [9.17, 15) is 0 Å². The quantitative estimate of drug-likeness (QED) is 0.915. The lowest BCUT2D eigenvalue weighted by molar-refractivity contribution is 0.222. The van der Waals surface area contributed by atoms with Gasteiger partial charge in [0.15, 0.2) is 5.82 Å². The van der Waals surface area contributed by atoms with E-state index in [-0.39, 0.29) is 18.1 Å². The summed E-state index contributed by atoms with van der Waals surface area (Å²) in [7, 11) is 0. The van der Waals surface area contributed by atoms with Crippen LogP contribution in [0.5, 0.6) is 6.01 Å². The molecule has 0 unspecified atom stereocenters. The van der Waals surface area contributed by atoms with Crippen LogP contribution in [0.1, 0.15) is 25.0 Å². The lowest BCUT2D eigenvalue weighted by atomic mass is 10.0. The first kappa shape index (κ1) is 13.3. The summed E-state index contributed by atoms with van der Waals surface area (Å²) in [5.74, 6) is 0.714. The summed E-state index contributed by atoms with van der Waals surface area (Å²) in [5.41, 5.74) is 8.98. The van der Waals surface area contributed by atoms with Crippen LogP contribution < -0.4 is 10.5 Å². The zero-order valence-electron chi connectivity index (χ0n) is 11.6. The van der Waals surface area contributed by atoms with Gasteiger partial charge in [0.05, 0.1) is 6.10 Å². The summed E-state index contributed by atoms with van der Waals surface area (Å²) in [6, 6.07) is 6.25. The van der Waals surface area contributed by atoms with Gasteiger partial charge in [0.2, 0.25) is 5.95 Å². The molecule has 1 aromatic carbocycles. The van der Waals surface area contributed by atoms with Gasteiger partial charge in [-0.25, -0.2) is 0 Å². The van der Waals surface area contributed by atoms with Crippen LogP contribution in [0.15, 0.2) is 18.2 Å². The number of nitrogens with two attached hydrogens (primary N) is 1. The summed E-state index contributed by atoms with van der Waals surface area (Å²) in [6.07, 6.45) is -0.00624. The molecule has 2 rings (SSSR count). The van der Waals surface area contributed by atoms with Gasteiger partial charge in [0.1, 0.15) is 0 Å². The minimum Gasteiger partial charge on any atom is -0.461 e. The number of nitrogens with zero attached hydrogens (tertiary/aromatic N) is 3. The smallest absolute Gasteiger partial charge is 0.322 e. The van der Waals surface area contributed by atoms with Crippen LogP contribution in [-0.2, 0) is 0 Å². The van der Waals surface area contributed by atoms with Crippen molar-refractivity contribution in [3.8, 4) is 17.4 Å². The number of nitrogen functional groups attached to an aromatic ring is 1. The van der Waals surface area contributed by atoms with Crippen molar-refractivity contribution in [2.75, 3.05) is 5.73 Å². The molecule has 2 N–H and O–H groups in total. The van der Waals surface area contributed by atoms with Gasteiger partial charge in [0, 0.05) is 5.56 Å². The minimum atomic E-state index is -0.00624. The van der Waals surface area contributed by atoms with Gasteiger partial charge in [-0.15, -0.1) is 0 Å². The first-order valence-corrected chi connectivity index (χ1v) is 6.22. The Balaban J connectivity index is 2.50. The molecule has 0 bridgehead atoms. The number of rotatable bonds is 3. The SMILES string of the molecule is Cc1cccc(-c2nc(N)nc(OC(C)C)n2)c1C. The topological polar surface area (TPSA) is 73.9 Å². The largest absolute Gasteiger partial charge is 0.461 e. The Morgan fingerprint density at radius 3 is 2.53 bits per heavy atom. The molecule has 5 heteroatoms. The van der Waals surface area contributed by atoms with E-state index in [1.165, 1.54) is 5.56 Å². The van der Waals surface area contributed by atoms with Crippen molar-refractivity contribution in [2.24, 2.45) is 0 Å². The molecule has 1 heterocycles. The molecule has 0 aliphatic rings. The van der Waals surface area contributed by atoms with Crippen LogP contribution >= 0.6 is 0 Å². The highest BCUT2D eigenvalue weighted by molar-refractivity contribution is 5.62. The van der Waals surface area contributed by atoms with Gasteiger partial charge in [0.25, 0.3) is 0 Å². The molecule has 0 aliphatic carbocycles. The number of anilines is 1. The predicted molar refractivity (Wildman–Crippen MR) is 74.9 cm³/mol. The number of benzene rings is 1. The summed E-state index contributed by atoms with van der Waals surface area (Å²) in [6.45, 7) is 7.91. The molecule has 0 saturated heterocycles.